The Labute approximate surface area is 177 Å². The van der Waals surface area contributed by atoms with Crippen LogP contribution in [-0.4, -0.2) is 26.1 Å². The van der Waals surface area contributed by atoms with Crippen LogP contribution in [0.5, 0.6) is 11.5 Å². The van der Waals surface area contributed by atoms with Crippen molar-refractivity contribution in [2.75, 3.05) is 14.2 Å². The fourth-order valence-corrected chi connectivity index (χ4v) is 3.97. The van der Waals surface area contributed by atoms with Gasteiger partial charge < -0.3 is 9.47 Å². The molecule has 1 aliphatic rings. The van der Waals surface area contributed by atoms with E-state index in [2.05, 4.69) is 41.4 Å². The fourth-order valence-electron chi connectivity index (χ4n) is 3.97. The summed E-state index contributed by atoms with van der Waals surface area (Å²) < 4.78 is 11.4. The molecule has 0 atom stereocenters. The van der Waals surface area contributed by atoms with E-state index < -0.39 is 0 Å². The molecular weight excluding hydrogens is 372 g/mol. The molecule has 0 N–H and O–H groups in total. The lowest BCUT2D eigenvalue weighted by Gasteiger charge is -2.18. The zero-order chi connectivity index (χ0) is 20.9. The summed E-state index contributed by atoms with van der Waals surface area (Å²) in [5.41, 5.74) is 7.72. The predicted molar refractivity (Wildman–Crippen MR) is 124 cm³/mol. The third-order valence-corrected chi connectivity index (χ3v) is 5.40. The summed E-state index contributed by atoms with van der Waals surface area (Å²) in [5.74, 6) is 1.68. The van der Waals surface area contributed by atoms with Crippen LogP contribution in [-0.2, 0) is 6.42 Å². The average Bonchev–Trinajstić information content (AvgIpc) is 2.99. The van der Waals surface area contributed by atoms with E-state index in [1.54, 1.807) is 14.2 Å². The van der Waals surface area contributed by atoms with Gasteiger partial charge in [-0.2, -0.15) is 10.2 Å². The van der Waals surface area contributed by atoms with Crippen molar-refractivity contribution in [3.63, 3.8) is 0 Å². The molecule has 30 heavy (non-hydrogen) atoms. The van der Waals surface area contributed by atoms with Crippen LogP contribution in [0.25, 0.3) is 22.3 Å². The maximum absolute atomic E-state index is 5.69. The molecule has 0 aliphatic carbocycles. The number of hydrogen-bond acceptors (Lipinski definition) is 4. The maximum Gasteiger partial charge on any atom is 0.126 e. The molecule has 1 aliphatic heterocycles. The number of ether oxygens (including phenoxy) is 2. The summed E-state index contributed by atoms with van der Waals surface area (Å²) in [5, 5.41) is 8.77. The van der Waals surface area contributed by atoms with Crippen molar-refractivity contribution in [1.82, 2.24) is 0 Å². The monoisotopic (exact) mass is 398 g/mol. The Balaban J connectivity index is 1.97. The predicted octanol–water partition coefficient (Wildman–Crippen LogP) is 6.17. The van der Waals surface area contributed by atoms with Gasteiger partial charge in [0.25, 0.3) is 0 Å². The molecule has 4 heteroatoms. The van der Waals surface area contributed by atoms with E-state index in [1.165, 1.54) is 5.56 Å². The van der Waals surface area contributed by atoms with Crippen molar-refractivity contribution in [3.8, 4) is 33.8 Å². The number of benzene rings is 3. The summed E-state index contributed by atoms with van der Waals surface area (Å²) in [6.45, 7) is 2.17. The first-order valence-corrected chi connectivity index (χ1v) is 10.3. The Kier molecular flexibility index (Phi) is 5.94. The first-order valence-electron chi connectivity index (χ1n) is 10.3. The maximum atomic E-state index is 5.69. The van der Waals surface area contributed by atoms with E-state index in [-0.39, 0.29) is 0 Å². The van der Waals surface area contributed by atoms with E-state index in [1.807, 2.05) is 42.6 Å². The van der Waals surface area contributed by atoms with Gasteiger partial charge in [-0.15, -0.1) is 0 Å². The Morgan fingerprint density at radius 2 is 1.40 bits per heavy atom. The van der Waals surface area contributed by atoms with Gasteiger partial charge >= 0.3 is 0 Å². The van der Waals surface area contributed by atoms with Crippen LogP contribution in [0.15, 0.2) is 70.9 Å². The third-order valence-electron chi connectivity index (χ3n) is 5.40. The van der Waals surface area contributed by atoms with Gasteiger partial charge in [0.15, 0.2) is 0 Å². The summed E-state index contributed by atoms with van der Waals surface area (Å²) in [7, 11) is 3.42. The molecule has 152 valence electrons. The lowest BCUT2D eigenvalue weighted by atomic mass is 9.88. The summed E-state index contributed by atoms with van der Waals surface area (Å²) in [6.07, 6.45) is 4.68. The van der Waals surface area contributed by atoms with Crippen LogP contribution >= 0.6 is 0 Å². The highest BCUT2D eigenvalue weighted by molar-refractivity contribution is 5.98. The molecule has 0 amide bonds. The van der Waals surface area contributed by atoms with Crippen molar-refractivity contribution in [1.29, 1.82) is 0 Å². The minimum atomic E-state index is 0.803. The topological polar surface area (TPSA) is 43.2 Å². The van der Waals surface area contributed by atoms with Gasteiger partial charge in [-0.25, -0.2) is 0 Å². The van der Waals surface area contributed by atoms with Gasteiger partial charge in [0, 0.05) is 23.3 Å². The van der Waals surface area contributed by atoms with Gasteiger partial charge in [0.2, 0.25) is 0 Å². The van der Waals surface area contributed by atoms with E-state index in [0.717, 1.165) is 64.3 Å². The summed E-state index contributed by atoms with van der Waals surface area (Å²) in [6, 6.07) is 20.7. The number of hydrogen-bond donors (Lipinski definition) is 0. The van der Waals surface area contributed by atoms with Crippen LogP contribution in [0.2, 0.25) is 0 Å². The van der Waals surface area contributed by atoms with Crippen LogP contribution < -0.4 is 9.47 Å². The van der Waals surface area contributed by atoms with Crippen LogP contribution in [0.3, 0.4) is 0 Å². The smallest absolute Gasteiger partial charge is 0.126 e. The molecule has 0 aromatic heterocycles. The molecular formula is C26H26N2O2. The van der Waals surface area contributed by atoms with Crippen molar-refractivity contribution >= 4 is 11.9 Å². The molecule has 0 radical (unpaired) electrons. The minimum absolute atomic E-state index is 0.803. The zero-order valence-corrected chi connectivity index (χ0v) is 17.7. The van der Waals surface area contributed by atoms with Crippen LogP contribution in [0.1, 0.15) is 30.9 Å². The molecule has 3 aromatic rings. The molecule has 0 spiro atoms. The summed E-state index contributed by atoms with van der Waals surface area (Å²) >= 11 is 0. The van der Waals surface area contributed by atoms with Gasteiger partial charge in [0.05, 0.1) is 20.4 Å². The van der Waals surface area contributed by atoms with Crippen LogP contribution in [0, 0.1) is 0 Å². The summed E-state index contributed by atoms with van der Waals surface area (Å²) in [4.78, 5) is 0. The van der Waals surface area contributed by atoms with E-state index in [9.17, 15) is 0 Å². The molecule has 4 nitrogen and oxygen atoms in total. The SMILES string of the molecule is CCCC1=NN=Cc2cc(-c3ccccc3OC)c(-c3ccccc3OC)cc2C1. The lowest BCUT2D eigenvalue weighted by Crippen LogP contribution is -2.04. The average molecular weight is 399 g/mol. The van der Waals surface area contributed by atoms with Gasteiger partial charge in [-0.3, -0.25) is 0 Å². The molecule has 0 unspecified atom stereocenters. The number of fused-ring (bicyclic) bond motifs is 1. The van der Waals surface area contributed by atoms with Gasteiger partial charge in [-0.1, -0.05) is 49.7 Å². The second-order valence-corrected chi connectivity index (χ2v) is 7.33. The highest BCUT2D eigenvalue weighted by Gasteiger charge is 2.19. The highest BCUT2D eigenvalue weighted by Crippen LogP contribution is 2.42. The molecule has 0 saturated carbocycles. The number of methoxy groups -OCH3 is 2. The minimum Gasteiger partial charge on any atom is -0.496 e. The lowest BCUT2D eigenvalue weighted by molar-refractivity contribution is 0.416. The quantitative estimate of drug-likeness (QED) is 0.498. The van der Waals surface area contributed by atoms with E-state index in [0.29, 0.717) is 0 Å². The molecule has 1 heterocycles. The fraction of sp³-hybridized carbons (Fsp3) is 0.231. The molecule has 0 bridgehead atoms. The number of rotatable bonds is 6. The molecule has 4 rings (SSSR count). The third kappa shape index (κ3) is 3.86. The second kappa shape index (κ2) is 8.95. The normalized spacial score (nSPS) is 12.7. The first kappa shape index (κ1) is 19.9. The second-order valence-electron chi connectivity index (χ2n) is 7.33. The Hall–Kier alpha value is -3.40. The van der Waals surface area contributed by atoms with Gasteiger partial charge in [0.1, 0.15) is 11.5 Å². The standard InChI is InChI=1S/C26H26N2O2/c1-4-9-20-14-18-15-23(21-10-5-7-12-25(21)29-2)24(16-19(18)17-27-28-20)22-11-6-8-13-26(22)30-3/h5-8,10-13,15-17H,4,9,14H2,1-3H3. The van der Waals surface area contributed by atoms with Crippen LogP contribution in [0.4, 0.5) is 0 Å². The van der Waals surface area contributed by atoms with Gasteiger partial charge in [-0.05, 0) is 52.9 Å². The Morgan fingerprint density at radius 3 is 2.00 bits per heavy atom. The zero-order valence-electron chi connectivity index (χ0n) is 17.7. The van der Waals surface area contributed by atoms with Crippen molar-refractivity contribution in [2.45, 2.75) is 26.2 Å². The largest absolute Gasteiger partial charge is 0.496 e. The first-order chi connectivity index (χ1) is 14.7. The Bertz CT molecular complexity index is 1120. The number of nitrogens with zero attached hydrogens (tertiary/aromatic N) is 2. The van der Waals surface area contributed by atoms with Crippen molar-refractivity contribution in [3.05, 3.63) is 71.8 Å². The van der Waals surface area contributed by atoms with Crippen molar-refractivity contribution < 1.29 is 9.47 Å². The van der Waals surface area contributed by atoms with E-state index in [4.69, 9.17) is 9.47 Å². The number of para-hydroxylation sites is 2. The highest BCUT2D eigenvalue weighted by atomic mass is 16.5. The molecule has 0 saturated heterocycles. The Morgan fingerprint density at radius 1 is 0.800 bits per heavy atom. The molecule has 0 fully saturated rings. The molecule has 3 aromatic carbocycles. The van der Waals surface area contributed by atoms with Crippen molar-refractivity contribution in [2.24, 2.45) is 10.2 Å². The van der Waals surface area contributed by atoms with E-state index >= 15 is 0 Å².